The van der Waals surface area contributed by atoms with Crippen molar-refractivity contribution in [3.8, 4) is 22.8 Å². The average molecular weight is 503 g/mol. The Hall–Kier alpha value is -3.65. The molecule has 0 amide bonds. The standard InChI is InChI=1S/C22H23N5O2.C7H15N/c1-5-27(17-8-18(28-3)11-19(9-17)29-4)16-6-7-20-21(10-16)25-22(13-23-20)15-12-24-26(2)14-15;1-2-7-3-5-8-6-4-7/h6-14H,5H2,1-4H3;7-8H,2-6H2,1H3. The first-order chi connectivity index (χ1) is 18.0. The van der Waals surface area contributed by atoms with E-state index in [9.17, 15) is 0 Å². The Morgan fingerprint density at radius 3 is 2.24 bits per heavy atom. The van der Waals surface area contributed by atoms with Crippen molar-refractivity contribution in [2.75, 3.05) is 38.8 Å². The van der Waals surface area contributed by atoms with E-state index >= 15 is 0 Å². The molecule has 0 saturated carbocycles. The molecule has 0 radical (unpaired) electrons. The van der Waals surface area contributed by atoms with E-state index < -0.39 is 0 Å². The lowest BCUT2D eigenvalue weighted by molar-refractivity contribution is 0.365. The topological polar surface area (TPSA) is 77.3 Å². The van der Waals surface area contributed by atoms with Gasteiger partial charge in [0.15, 0.2) is 0 Å². The van der Waals surface area contributed by atoms with Crippen molar-refractivity contribution in [1.82, 2.24) is 25.1 Å². The van der Waals surface area contributed by atoms with Crippen LogP contribution in [0.2, 0.25) is 0 Å². The second kappa shape index (κ2) is 12.5. The molecule has 5 rings (SSSR count). The number of rotatable bonds is 7. The maximum atomic E-state index is 5.43. The fourth-order valence-electron chi connectivity index (χ4n) is 4.61. The first-order valence-corrected chi connectivity index (χ1v) is 13.0. The number of nitrogens with one attached hydrogen (secondary N) is 1. The zero-order valence-electron chi connectivity index (χ0n) is 22.6. The molecular formula is C29H38N6O2. The molecule has 0 unspecified atom stereocenters. The fraction of sp³-hybridized carbons (Fsp3) is 0.414. The highest BCUT2D eigenvalue weighted by molar-refractivity contribution is 5.82. The molecule has 0 bridgehead atoms. The lowest BCUT2D eigenvalue weighted by atomic mass is 9.96. The average Bonchev–Trinajstić information content (AvgIpc) is 3.39. The van der Waals surface area contributed by atoms with Crippen LogP contribution >= 0.6 is 0 Å². The van der Waals surface area contributed by atoms with Crippen molar-refractivity contribution in [3.63, 3.8) is 0 Å². The Bertz CT molecular complexity index is 1280. The summed E-state index contributed by atoms with van der Waals surface area (Å²) in [4.78, 5) is 11.6. The molecule has 196 valence electrons. The molecule has 1 N–H and O–H groups in total. The van der Waals surface area contributed by atoms with Crippen LogP contribution in [0.15, 0.2) is 55.0 Å². The Labute approximate surface area is 219 Å². The molecule has 4 aromatic rings. The maximum Gasteiger partial charge on any atom is 0.124 e. The van der Waals surface area contributed by atoms with Gasteiger partial charge in [-0.1, -0.05) is 13.3 Å². The van der Waals surface area contributed by atoms with Gasteiger partial charge in [0, 0.05) is 54.9 Å². The monoisotopic (exact) mass is 502 g/mol. The predicted molar refractivity (Wildman–Crippen MR) is 150 cm³/mol. The summed E-state index contributed by atoms with van der Waals surface area (Å²) in [5.41, 5.74) is 5.43. The molecule has 3 heterocycles. The number of piperidine rings is 1. The Morgan fingerprint density at radius 1 is 0.946 bits per heavy atom. The first-order valence-electron chi connectivity index (χ1n) is 13.0. The molecule has 0 spiro atoms. The van der Waals surface area contributed by atoms with Gasteiger partial charge in [0.25, 0.3) is 0 Å². The van der Waals surface area contributed by atoms with E-state index in [1.165, 1.54) is 32.4 Å². The van der Waals surface area contributed by atoms with Crippen LogP contribution in [-0.4, -0.2) is 53.6 Å². The first kappa shape index (κ1) is 26.4. The molecule has 8 nitrogen and oxygen atoms in total. The number of hydrogen-bond donors (Lipinski definition) is 1. The Morgan fingerprint density at radius 2 is 1.68 bits per heavy atom. The van der Waals surface area contributed by atoms with Crippen LogP contribution in [0.1, 0.15) is 33.1 Å². The molecule has 8 heteroatoms. The van der Waals surface area contributed by atoms with E-state index in [1.54, 1.807) is 31.3 Å². The van der Waals surface area contributed by atoms with Crippen molar-refractivity contribution < 1.29 is 9.47 Å². The van der Waals surface area contributed by atoms with Crippen LogP contribution in [0.5, 0.6) is 11.5 Å². The van der Waals surface area contributed by atoms with Gasteiger partial charge in [0.1, 0.15) is 11.5 Å². The highest BCUT2D eigenvalue weighted by Gasteiger charge is 2.13. The van der Waals surface area contributed by atoms with E-state index in [4.69, 9.17) is 14.5 Å². The van der Waals surface area contributed by atoms with Crippen LogP contribution in [0, 0.1) is 5.92 Å². The number of hydrogen-bond acceptors (Lipinski definition) is 7. The quantitative estimate of drug-likeness (QED) is 0.352. The van der Waals surface area contributed by atoms with E-state index in [-0.39, 0.29) is 0 Å². The maximum absolute atomic E-state index is 5.43. The third-order valence-electron chi connectivity index (χ3n) is 6.84. The minimum Gasteiger partial charge on any atom is -0.497 e. The van der Waals surface area contributed by atoms with Crippen LogP contribution in [0.25, 0.3) is 22.3 Å². The van der Waals surface area contributed by atoms with Crippen LogP contribution in [0.3, 0.4) is 0 Å². The minimum absolute atomic E-state index is 0.747. The molecule has 2 aromatic carbocycles. The highest BCUT2D eigenvalue weighted by Crippen LogP contribution is 2.33. The van der Waals surface area contributed by atoms with Crippen LogP contribution in [-0.2, 0) is 7.05 Å². The second-order valence-corrected chi connectivity index (χ2v) is 9.25. The van der Waals surface area contributed by atoms with Gasteiger partial charge in [-0.25, -0.2) is 4.98 Å². The summed E-state index contributed by atoms with van der Waals surface area (Å²) in [6.45, 7) is 7.67. The number of methoxy groups -OCH3 is 2. The van der Waals surface area contributed by atoms with E-state index in [0.29, 0.717) is 0 Å². The largest absolute Gasteiger partial charge is 0.497 e. The number of benzene rings is 2. The summed E-state index contributed by atoms with van der Waals surface area (Å²) in [5, 5.41) is 7.57. The summed E-state index contributed by atoms with van der Waals surface area (Å²) < 4.78 is 12.6. The van der Waals surface area contributed by atoms with E-state index in [0.717, 1.165) is 57.6 Å². The number of nitrogens with zero attached hydrogens (tertiary/aromatic N) is 5. The van der Waals surface area contributed by atoms with Gasteiger partial charge in [-0.15, -0.1) is 0 Å². The van der Waals surface area contributed by atoms with Crippen LogP contribution < -0.4 is 19.7 Å². The SMILES string of the molecule is CCC1CCNCC1.CCN(c1cc(OC)cc(OC)c1)c1ccc2ncc(-c3cnn(C)c3)nc2c1. The highest BCUT2D eigenvalue weighted by atomic mass is 16.5. The van der Waals surface area contributed by atoms with Gasteiger partial charge >= 0.3 is 0 Å². The number of anilines is 2. The number of aryl methyl sites for hydroxylation is 1. The molecule has 2 aromatic heterocycles. The lowest BCUT2D eigenvalue weighted by Gasteiger charge is -2.24. The summed E-state index contributed by atoms with van der Waals surface area (Å²) in [6.07, 6.45) is 9.68. The molecule has 0 aliphatic carbocycles. The molecule has 1 aliphatic rings. The van der Waals surface area contributed by atoms with Gasteiger partial charge in [0.05, 0.1) is 43.3 Å². The summed E-state index contributed by atoms with van der Waals surface area (Å²) in [7, 11) is 5.19. The molecule has 37 heavy (non-hydrogen) atoms. The fourth-order valence-corrected chi connectivity index (χ4v) is 4.61. The number of ether oxygens (including phenoxy) is 2. The number of aromatic nitrogens is 4. The molecule has 1 saturated heterocycles. The zero-order valence-corrected chi connectivity index (χ0v) is 22.6. The lowest BCUT2D eigenvalue weighted by Crippen LogP contribution is -2.27. The minimum atomic E-state index is 0.747. The van der Waals surface area contributed by atoms with Crippen molar-refractivity contribution in [1.29, 1.82) is 0 Å². The third kappa shape index (κ3) is 6.57. The smallest absolute Gasteiger partial charge is 0.124 e. The Balaban J connectivity index is 0.000000342. The van der Waals surface area contributed by atoms with Gasteiger partial charge < -0.3 is 19.7 Å². The summed E-state index contributed by atoms with van der Waals surface area (Å²) in [5.74, 6) is 2.52. The molecule has 0 atom stereocenters. The van der Waals surface area contributed by atoms with Crippen LogP contribution in [0.4, 0.5) is 11.4 Å². The normalized spacial score (nSPS) is 13.6. The van der Waals surface area contributed by atoms with E-state index in [1.807, 2.05) is 37.5 Å². The van der Waals surface area contributed by atoms with Crippen molar-refractivity contribution in [2.24, 2.45) is 13.0 Å². The number of fused-ring (bicyclic) bond motifs is 1. The summed E-state index contributed by atoms with van der Waals surface area (Å²) >= 11 is 0. The van der Waals surface area contributed by atoms with Gasteiger partial charge in [-0.3, -0.25) is 9.67 Å². The van der Waals surface area contributed by atoms with Crippen molar-refractivity contribution >= 4 is 22.4 Å². The van der Waals surface area contributed by atoms with Crippen molar-refractivity contribution in [2.45, 2.75) is 33.1 Å². The van der Waals surface area contributed by atoms with Gasteiger partial charge in [-0.05, 0) is 57.0 Å². The van der Waals surface area contributed by atoms with Crippen molar-refractivity contribution in [3.05, 3.63) is 55.0 Å². The Kier molecular flexibility index (Phi) is 8.95. The van der Waals surface area contributed by atoms with Gasteiger partial charge in [-0.2, -0.15) is 5.10 Å². The molecule has 1 fully saturated rings. The third-order valence-corrected chi connectivity index (χ3v) is 6.84. The second-order valence-electron chi connectivity index (χ2n) is 9.25. The molecule has 1 aliphatic heterocycles. The predicted octanol–water partition coefficient (Wildman–Crippen LogP) is 5.60. The summed E-state index contributed by atoms with van der Waals surface area (Å²) in [6, 6.07) is 11.9. The zero-order chi connectivity index (χ0) is 26.2. The molecular weight excluding hydrogens is 464 g/mol. The van der Waals surface area contributed by atoms with E-state index in [2.05, 4.69) is 46.3 Å². The van der Waals surface area contributed by atoms with Gasteiger partial charge in [0.2, 0.25) is 0 Å².